The van der Waals surface area contributed by atoms with E-state index in [9.17, 15) is 0 Å². The molecule has 4 heteroatoms. The largest absolute Gasteiger partial charge is 0.497 e. The molecular formula is C17H21NO2S. The summed E-state index contributed by atoms with van der Waals surface area (Å²) in [6.45, 7) is 1.27. The van der Waals surface area contributed by atoms with Crippen LogP contribution < -0.4 is 15.2 Å². The summed E-state index contributed by atoms with van der Waals surface area (Å²) in [5.74, 6) is 2.82. The smallest absolute Gasteiger partial charge is 0.119 e. The van der Waals surface area contributed by atoms with E-state index in [0.29, 0.717) is 6.54 Å². The molecule has 2 aromatic carbocycles. The molecule has 0 amide bonds. The molecule has 0 radical (unpaired) electrons. The molecular weight excluding hydrogens is 282 g/mol. The van der Waals surface area contributed by atoms with Crippen LogP contribution in [-0.4, -0.2) is 19.5 Å². The Hall–Kier alpha value is -1.65. The monoisotopic (exact) mass is 303 g/mol. The zero-order chi connectivity index (χ0) is 14.9. The fourth-order valence-corrected chi connectivity index (χ4v) is 2.70. The molecule has 3 nitrogen and oxygen atoms in total. The van der Waals surface area contributed by atoms with Crippen LogP contribution in [0.1, 0.15) is 12.0 Å². The van der Waals surface area contributed by atoms with Crippen LogP contribution in [0.15, 0.2) is 53.4 Å². The highest BCUT2D eigenvalue weighted by atomic mass is 32.2. The fourth-order valence-electron chi connectivity index (χ4n) is 1.87. The van der Waals surface area contributed by atoms with Crippen molar-refractivity contribution < 1.29 is 9.47 Å². The first-order valence-corrected chi connectivity index (χ1v) is 7.99. The quantitative estimate of drug-likeness (QED) is 0.596. The Labute approximate surface area is 130 Å². The molecule has 0 aliphatic heterocycles. The Morgan fingerprint density at radius 2 is 1.86 bits per heavy atom. The molecule has 2 rings (SSSR count). The summed E-state index contributed by atoms with van der Waals surface area (Å²) in [5.41, 5.74) is 6.71. The first-order chi connectivity index (χ1) is 10.3. The van der Waals surface area contributed by atoms with Gasteiger partial charge in [0.15, 0.2) is 0 Å². The highest BCUT2D eigenvalue weighted by molar-refractivity contribution is 7.99. The van der Waals surface area contributed by atoms with Crippen molar-refractivity contribution in [1.29, 1.82) is 0 Å². The molecule has 0 aromatic heterocycles. The summed E-state index contributed by atoms with van der Waals surface area (Å²) in [7, 11) is 1.68. The van der Waals surface area contributed by atoms with Crippen molar-refractivity contribution in [2.75, 3.05) is 19.5 Å². The van der Waals surface area contributed by atoms with E-state index in [1.165, 1.54) is 4.90 Å². The average Bonchev–Trinajstić information content (AvgIpc) is 2.55. The molecule has 0 saturated heterocycles. The van der Waals surface area contributed by atoms with E-state index in [1.807, 2.05) is 48.2 Å². The molecule has 112 valence electrons. The minimum Gasteiger partial charge on any atom is -0.497 e. The SMILES string of the molecule is COc1ccc(SCCCOc2cccc(CN)c2)cc1. The van der Waals surface area contributed by atoms with E-state index in [1.54, 1.807) is 7.11 Å². The van der Waals surface area contributed by atoms with Crippen LogP contribution in [0.4, 0.5) is 0 Å². The highest BCUT2D eigenvalue weighted by Crippen LogP contribution is 2.22. The Morgan fingerprint density at radius 3 is 2.57 bits per heavy atom. The van der Waals surface area contributed by atoms with Crippen molar-refractivity contribution in [3.63, 3.8) is 0 Å². The predicted molar refractivity (Wildman–Crippen MR) is 88.2 cm³/mol. The summed E-state index contributed by atoms with van der Waals surface area (Å²) >= 11 is 1.83. The normalized spacial score (nSPS) is 10.4. The van der Waals surface area contributed by atoms with Crippen LogP contribution in [-0.2, 0) is 6.54 Å². The van der Waals surface area contributed by atoms with Gasteiger partial charge >= 0.3 is 0 Å². The van der Waals surface area contributed by atoms with Gasteiger partial charge in [0.25, 0.3) is 0 Å². The molecule has 0 unspecified atom stereocenters. The zero-order valence-electron chi connectivity index (χ0n) is 12.2. The number of rotatable bonds is 8. The van der Waals surface area contributed by atoms with Crippen molar-refractivity contribution >= 4 is 11.8 Å². The standard InChI is InChI=1S/C17H21NO2S/c1-19-15-6-8-17(9-7-15)21-11-3-10-20-16-5-2-4-14(12-16)13-18/h2,4-9,12H,3,10-11,13,18H2,1H3. The van der Waals surface area contributed by atoms with Crippen LogP contribution in [0, 0.1) is 0 Å². The van der Waals surface area contributed by atoms with Crippen LogP contribution in [0.2, 0.25) is 0 Å². The first kappa shape index (κ1) is 15.7. The number of nitrogens with two attached hydrogens (primary N) is 1. The molecule has 0 heterocycles. The summed E-state index contributed by atoms with van der Waals surface area (Å²) in [6, 6.07) is 16.1. The van der Waals surface area contributed by atoms with Gasteiger partial charge in [-0.2, -0.15) is 0 Å². The van der Waals surface area contributed by atoms with Crippen molar-refractivity contribution in [3.8, 4) is 11.5 Å². The molecule has 0 aliphatic rings. The minimum atomic E-state index is 0.546. The number of methoxy groups -OCH3 is 1. The fraction of sp³-hybridized carbons (Fsp3) is 0.294. The lowest BCUT2D eigenvalue weighted by Gasteiger charge is -2.07. The van der Waals surface area contributed by atoms with Crippen LogP contribution in [0.5, 0.6) is 11.5 Å². The van der Waals surface area contributed by atoms with Gasteiger partial charge in [-0.15, -0.1) is 11.8 Å². The Kier molecular flexibility index (Phi) is 6.44. The van der Waals surface area contributed by atoms with Crippen LogP contribution in [0.25, 0.3) is 0 Å². The second-order valence-corrected chi connectivity index (χ2v) is 5.75. The highest BCUT2D eigenvalue weighted by Gasteiger charge is 1.98. The van der Waals surface area contributed by atoms with E-state index < -0.39 is 0 Å². The lowest BCUT2D eigenvalue weighted by atomic mass is 10.2. The molecule has 0 saturated carbocycles. The van der Waals surface area contributed by atoms with E-state index >= 15 is 0 Å². The molecule has 21 heavy (non-hydrogen) atoms. The number of hydrogen-bond acceptors (Lipinski definition) is 4. The Morgan fingerprint density at radius 1 is 1.05 bits per heavy atom. The molecule has 0 bridgehead atoms. The lowest BCUT2D eigenvalue weighted by Crippen LogP contribution is -2.00. The maximum atomic E-state index is 5.73. The number of benzene rings is 2. The topological polar surface area (TPSA) is 44.5 Å². The summed E-state index contributed by atoms with van der Waals surface area (Å²) in [5, 5.41) is 0. The number of hydrogen-bond donors (Lipinski definition) is 1. The lowest BCUT2D eigenvalue weighted by molar-refractivity contribution is 0.318. The van der Waals surface area contributed by atoms with Gasteiger partial charge in [0.05, 0.1) is 13.7 Å². The van der Waals surface area contributed by atoms with Crippen molar-refractivity contribution in [3.05, 3.63) is 54.1 Å². The van der Waals surface area contributed by atoms with Gasteiger partial charge in [-0.25, -0.2) is 0 Å². The van der Waals surface area contributed by atoms with E-state index in [2.05, 4.69) is 12.1 Å². The van der Waals surface area contributed by atoms with Gasteiger partial charge in [0.2, 0.25) is 0 Å². The van der Waals surface area contributed by atoms with Crippen molar-refractivity contribution in [2.45, 2.75) is 17.9 Å². The molecule has 0 aliphatic carbocycles. The molecule has 0 spiro atoms. The van der Waals surface area contributed by atoms with Gasteiger partial charge < -0.3 is 15.2 Å². The van der Waals surface area contributed by atoms with E-state index in [0.717, 1.165) is 35.8 Å². The molecule has 0 fully saturated rings. The van der Waals surface area contributed by atoms with Gasteiger partial charge in [-0.3, -0.25) is 0 Å². The van der Waals surface area contributed by atoms with Gasteiger partial charge in [-0.1, -0.05) is 12.1 Å². The third-order valence-electron chi connectivity index (χ3n) is 3.02. The third-order valence-corrected chi connectivity index (χ3v) is 4.12. The zero-order valence-corrected chi connectivity index (χ0v) is 13.1. The molecule has 2 N–H and O–H groups in total. The van der Waals surface area contributed by atoms with Crippen molar-refractivity contribution in [1.82, 2.24) is 0 Å². The van der Waals surface area contributed by atoms with Gasteiger partial charge in [0.1, 0.15) is 11.5 Å². The number of ether oxygens (including phenoxy) is 2. The summed E-state index contributed by atoms with van der Waals surface area (Å²) < 4.78 is 10.9. The van der Waals surface area contributed by atoms with E-state index in [4.69, 9.17) is 15.2 Å². The summed E-state index contributed by atoms with van der Waals surface area (Å²) in [6.07, 6.45) is 1.00. The summed E-state index contributed by atoms with van der Waals surface area (Å²) in [4.78, 5) is 1.25. The average molecular weight is 303 g/mol. The maximum Gasteiger partial charge on any atom is 0.119 e. The van der Waals surface area contributed by atoms with Crippen LogP contribution >= 0.6 is 11.8 Å². The molecule has 0 atom stereocenters. The first-order valence-electron chi connectivity index (χ1n) is 7.00. The van der Waals surface area contributed by atoms with Gasteiger partial charge in [0, 0.05) is 17.2 Å². The third kappa shape index (κ3) is 5.33. The number of thioether (sulfide) groups is 1. The molecule has 2 aromatic rings. The van der Waals surface area contributed by atoms with Crippen molar-refractivity contribution in [2.24, 2.45) is 5.73 Å². The second-order valence-electron chi connectivity index (χ2n) is 4.58. The van der Waals surface area contributed by atoms with Crippen LogP contribution in [0.3, 0.4) is 0 Å². The maximum absolute atomic E-state index is 5.73. The van der Waals surface area contributed by atoms with E-state index in [-0.39, 0.29) is 0 Å². The Bertz CT molecular complexity index is 543. The predicted octanol–water partition coefficient (Wildman–Crippen LogP) is 3.72. The second kappa shape index (κ2) is 8.60. The van der Waals surface area contributed by atoms with Gasteiger partial charge in [-0.05, 0) is 48.4 Å². The minimum absolute atomic E-state index is 0.546. The Balaban J connectivity index is 1.67.